The lowest BCUT2D eigenvalue weighted by Gasteiger charge is -2.36. The van der Waals surface area contributed by atoms with E-state index in [1.54, 1.807) is 12.1 Å². The second kappa shape index (κ2) is 5.43. The largest absolute Gasteiger partial charge is 0.370 e. The van der Waals surface area contributed by atoms with Crippen LogP contribution in [0.1, 0.15) is 32.6 Å². The summed E-state index contributed by atoms with van der Waals surface area (Å²) in [5.41, 5.74) is 6.87. The van der Waals surface area contributed by atoms with Crippen molar-refractivity contribution < 1.29 is 4.39 Å². The fraction of sp³-hybridized carbons (Fsp3) is 0.562. The number of rotatable bonds is 2. The zero-order valence-corrected chi connectivity index (χ0v) is 11.9. The van der Waals surface area contributed by atoms with Gasteiger partial charge in [-0.05, 0) is 42.9 Å². The molecule has 1 aliphatic carbocycles. The second-order valence-corrected chi connectivity index (χ2v) is 6.14. The Morgan fingerprint density at radius 2 is 2.00 bits per heavy atom. The third-order valence-electron chi connectivity index (χ3n) is 4.71. The van der Waals surface area contributed by atoms with E-state index in [-0.39, 0.29) is 5.82 Å². The van der Waals surface area contributed by atoms with E-state index in [0.29, 0.717) is 17.9 Å². The quantitative estimate of drug-likeness (QED) is 0.900. The number of guanidine groups is 1. The lowest BCUT2D eigenvalue weighted by Crippen LogP contribution is -2.45. The molecule has 0 aromatic heterocycles. The first-order valence-corrected chi connectivity index (χ1v) is 7.50. The highest BCUT2D eigenvalue weighted by atomic mass is 19.1. The number of anilines is 1. The number of nitrogens with two attached hydrogens (primary N) is 1. The molecule has 1 saturated carbocycles. The molecule has 1 aliphatic heterocycles. The van der Waals surface area contributed by atoms with Crippen molar-refractivity contribution in [1.29, 1.82) is 0 Å². The predicted octanol–water partition coefficient (Wildman–Crippen LogP) is 3.16. The Morgan fingerprint density at radius 1 is 1.25 bits per heavy atom. The van der Waals surface area contributed by atoms with Crippen LogP contribution in [0.4, 0.5) is 10.1 Å². The monoisotopic (exact) mass is 275 g/mol. The van der Waals surface area contributed by atoms with Crippen LogP contribution in [0.3, 0.4) is 0 Å². The molecule has 108 valence electrons. The molecule has 0 bridgehead atoms. The smallest absolute Gasteiger partial charge is 0.196 e. The van der Waals surface area contributed by atoms with Gasteiger partial charge in [-0.25, -0.2) is 4.39 Å². The van der Waals surface area contributed by atoms with E-state index in [0.717, 1.165) is 18.2 Å². The number of aliphatic imine (C=N–C) groups is 1. The summed E-state index contributed by atoms with van der Waals surface area (Å²) >= 11 is 0. The lowest BCUT2D eigenvalue weighted by atomic mass is 9.79. The molecule has 4 heteroatoms. The van der Waals surface area contributed by atoms with Crippen LogP contribution in [0, 0.1) is 17.7 Å². The number of halogens is 1. The fourth-order valence-electron chi connectivity index (χ4n) is 3.50. The molecule has 0 radical (unpaired) electrons. The van der Waals surface area contributed by atoms with Gasteiger partial charge in [-0.2, -0.15) is 0 Å². The van der Waals surface area contributed by atoms with E-state index in [2.05, 4.69) is 11.9 Å². The Morgan fingerprint density at radius 3 is 2.70 bits per heavy atom. The standard InChI is InChI=1S/C16H22FN3/c1-11-5-7-12(8-6-11)15-10-19-16(18)20(15)14-4-2-3-13(17)9-14/h2-4,9,11-12,15H,5-8,10H2,1H3,(H2,18,19). The third-order valence-corrected chi connectivity index (χ3v) is 4.71. The van der Waals surface area contributed by atoms with Crippen molar-refractivity contribution in [3.63, 3.8) is 0 Å². The van der Waals surface area contributed by atoms with Crippen molar-refractivity contribution in [2.75, 3.05) is 11.4 Å². The van der Waals surface area contributed by atoms with Gasteiger partial charge in [-0.3, -0.25) is 4.99 Å². The first kappa shape index (κ1) is 13.4. The zero-order chi connectivity index (χ0) is 14.1. The van der Waals surface area contributed by atoms with Crippen LogP contribution in [0.25, 0.3) is 0 Å². The molecular formula is C16H22FN3. The van der Waals surface area contributed by atoms with E-state index in [1.165, 1.54) is 31.7 Å². The molecule has 0 spiro atoms. The topological polar surface area (TPSA) is 41.6 Å². The Bertz CT molecular complexity index is 506. The minimum Gasteiger partial charge on any atom is -0.370 e. The maximum Gasteiger partial charge on any atom is 0.196 e. The Kier molecular flexibility index (Phi) is 3.64. The van der Waals surface area contributed by atoms with Crippen LogP contribution in [0.2, 0.25) is 0 Å². The van der Waals surface area contributed by atoms with Gasteiger partial charge in [-0.1, -0.05) is 25.8 Å². The van der Waals surface area contributed by atoms with E-state index >= 15 is 0 Å². The summed E-state index contributed by atoms with van der Waals surface area (Å²) in [4.78, 5) is 6.43. The van der Waals surface area contributed by atoms with Crippen LogP contribution in [0.5, 0.6) is 0 Å². The highest BCUT2D eigenvalue weighted by molar-refractivity contribution is 5.97. The average Bonchev–Trinajstić information content (AvgIpc) is 2.81. The van der Waals surface area contributed by atoms with Gasteiger partial charge < -0.3 is 10.6 Å². The minimum absolute atomic E-state index is 0.224. The average molecular weight is 275 g/mol. The Balaban J connectivity index is 1.81. The minimum atomic E-state index is -0.224. The summed E-state index contributed by atoms with van der Waals surface area (Å²) in [6, 6.07) is 6.95. The van der Waals surface area contributed by atoms with Crippen LogP contribution >= 0.6 is 0 Å². The summed E-state index contributed by atoms with van der Waals surface area (Å²) in [6.45, 7) is 3.06. The third kappa shape index (κ3) is 2.51. The molecule has 20 heavy (non-hydrogen) atoms. The molecule has 2 aliphatic rings. The maximum absolute atomic E-state index is 13.5. The second-order valence-electron chi connectivity index (χ2n) is 6.14. The molecule has 1 atom stereocenters. The van der Waals surface area contributed by atoms with Crippen molar-refractivity contribution >= 4 is 11.6 Å². The number of benzene rings is 1. The van der Waals surface area contributed by atoms with Crippen molar-refractivity contribution in [1.82, 2.24) is 0 Å². The highest BCUT2D eigenvalue weighted by Gasteiger charge is 2.35. The molecule has 2 N–H and O–H groups in total. The summed E-state index contributed by atoms with van der Waals surface area (Å²) < 4.78 is 13.5. The van der Waals surface area contributed by atoms with Crippen LogP contribution in [-0.2, 0) is 0 Å². The highest BCUT2D eigenvalue weighted by Crippen LogP contribution is 2.35. The van der Waals surface area contributed by atoms with Gasteiger partial charge in [-0.15, -0.1) is 0 Å². The van der Waals surface area contributed by atoms with E-state index in [1.807, 2.05) is 11.0 Å². The molecular weight excluding hydrogens is 253 g/mol. The van der Waals surface area contributed by atoms with Crippen molar-refractivity contribution in [2.24, 2.45) is 22.6 Å². The van der Waals surface area contributed by atoms with Gasteiger partial charge in [0.2, 0.25) is 0 Å². The molecule has 0 saturated heterocycles. The van der Waals surface area contributed by atoms with Crippen molar-refractivity contribution in [3.05, 3.63) is 30.1 Å². The maximum atomic E-state index is 13.5. The first-order valence-electron chi connectivity index (χ1n) is 7.50. The molecule has 1 heterocycles. The van der Waals surface area contributed by atoms with Crippen molar-refractivity contribution in [3.8, 4) is 0 Å². The summed E-state index contributed by atoms with van der Waals surface area (Å²) in [5, 5.41) is 0. The van der Waals surface area contributed by atoms with Crippen molar-refractivity contribution in [2.45, 2.75) is 38.6 Å². The predicted molar refractivity (Wildman–Crippen MR) is 80.3 cm³/mol. The zero-order valence-electron chi connectivity index (χ0n) is 11.9. The fourth-order valence-corrected chi connectivity index (χ4v) is 3.50. The number of hydrogen-bond acceptors (Lipinski definition) is 3. The van der Waals surface area contributed by atoms with Gasteiger partial charge >= 0.3 is 0 Å². The Hall–Kier alpha value is -1.58. The molecule has 3 nitrogen and oxygen atoms in total. The van der Waals surface area contributed by atoms with Gasteiger partial charge in [0, 0.05) is 5.69 Å². The van der Waals surface area contributed by atoms with Crippen LogP contribution in [-0.4, -0.2) is 18.5 Å². The van der Waals surface area contributed by atoms with Crippen LogP contribution < -0.4 is 10.6 Å². The molecule has 1 fully saturated rings. The van der Waals surface area contributed by atoms with Gasteiger partial charge in [0.15, 0.2) is 5.96 Å². The lowest BCUT2D eigenvalue weighted by molar-refractivity contribution is 0.261. The van der Waals surface area contributed by atoms with E-state index < -0.39 is 0 Å². The molecule has 1 unspecified atom stereocenters. The SMILES string of the molecule is CC1CCC(C2CN=C(N)N2c2cccc(F)c2)CC1. The Labute approximate surface area is 119 Å². The number of nitrogens with zero attached hydrogens (tertiary/aromatic N) is 2. The molecule has 3 rings (SSSR count). The van der Waals surface area contributed by atoms with Crippen LogP contribution in [0.15, 0.2) is 29.3 Å². The van der Waals surface area contributed by atoms with Gasteiger partial charge in [0.25, 0.3) is 0 Å². The molecule has 1 aromatic carbocycles. The number of hydrogen-bond donors (Lipinski definition) is 1. The molecule has 1 aromatic rings. The normalized spacial score (nSPS) is 30.4. The van der Waals surface area contributed by atoms with E-state index in [9.17, 15) is 4.39 Å². The summed E-state index contributed by atoms with van der Waals surface area (Å²) in [5.74, 6) is 1.74. The van der Waals surface area contributed by atoms with Gasteiger partial charge in [0.1, 0.15) is 5.82 Å². The summed E-state index contributed by atoms with van der Waals surface area (Å²) in [6.07, 6.45) is 5.00. The first-order chi connectivity index (χ1) is 9.65. The summed E-state index contributed by atoms with van der Waals surface area (Å²) in [7, 11) is 0. The van der Waals surface area contributed by atoms with E-state index in [4.69, 9.17) is 5.73 Å². The van der Waals surface area contributed by atoms with Gasteiger partial charge in [0.05, 0.1) is 12.6 Å². The molecule has 0 amide bonds.